The molecule has 0 saturated carbocycles. The Balaban J connectivity index is 1.23. The summed E-state index contributed by atoms with van der Waals surface area (Å²) in [6, 6.07) is 32.1. The van der Waals surface area contributed by atoms with Gasteiger partial charge in [0.2, 0.25) is 0 Å². The molecule has 5 nitrogen and oxygen atoms in total. The molecular formula is C31H31N4OS+. The van der Waals surface area contributed by atoms with Gasteiger partial charge in [0.05, 0.1) is 42.4 Å². The maximum Gasteiger partial charge on any atom is 0.264 e. The van der Waals surface area contributed by atoms with Gasteiger partial charge in [-0.2, -0.15) is 5.10 Å². The van der Waals surface area contributed by atoms with Crippen LogP contribution in [0.25, 0.3) is 15.9 Å². The summed E-state index contributed by atoms with van der Waals surface area (Å²) in [7, 11) is 0. The van der Waals surface area contributed by atoms with Crippen LogP contribution in [0.2, 0.25) is 0 Å². The van der Waals surface area contributed by atoms with E-state index >= 15 is 0 Å². The molecule has 3 aromatic carbocycles. The molecule has 0 radical (unpaired) electrons. The molecule has 0 bridgehead atoms. The summed E-state index contributed by atoms with van der Waals surface area (Å²) in [6.07, 6.45) is 0. The third-order valence-corrected chi connectivity index (χ3v) is 8.56. The number of quaternary nitrogens is 1. The number of rotatable bonds is 5. The molecule has 1 N–H and O–H groups in total. The minimum absolute atomic E-state index is 0.131. The maximum atomic E-state index is 13.6. The normalized spacial score (nSPS) is 14.5. The first-order valence-corrected chi connectivity index (χ1v) is 13.7. The van der Waals surface area contributed by atoms with E-state index in [4.69, 9.17) is 5.10 Å². The van der Waals surface area contributed by atoms with Gasteiger partial charge in [-0.1, -0.05) is 78.9 Å². The number of thiophene rings is 1. The van der Waals surface area contributed by atoms with Gasteiger partial charge >= 0.3 is 0 Å². The second kappa shape index (κ2) is 9.96. The van der Waals surface area contributed by atoms with Crippen molar-refractivity contribution in [3.63, 3.8) is 0 Å². The first kappa shape index (κ1) is 23.6. The Labute approximate surface area is 221 Å². The molecule has 5 aromatic rings. The highest BCUT2D eigenvalue weighted by molar-refractivity contribution is 7.20. The number of aromatic nitrogens is 2. The predicted octanol–water partition coefficient (Wildman–Crippen LogP) is 4.83. The number of benzene rings is 3. The first-order chi connectivity index (χ1) is 18.1. The van der Waals surface area contributed by atoms with Gasteiger partial charge in [0, 0.05) is 16.5 Å². The molecule has 186 valence electrons. The third-order valence-electron chi connectivity index (χ3n) is 7.47. The molecule has 6 rings (SSSR count). The summed E-state index contributed by atoms with van der Waals surface area (Å²) in [4.78, 5) is 19.0. The van der Waals surface area contributed by atoms with Crippen LogP contribution in [-0.2, 0) is 0 Å². The molecule has 0 unspecified atom stereocenters. The van der Waals surface area contributed by atoms with Gasteiger partial charge < -0.3 is 9.80 Å². The zero-order chi connectivity index (χ0) is 25.4. The van der Waals surface area contributed by atoms with Gasteiger partial charge in [0.15, 0.2) is 0 Å². The summed E-state index contributed by atoms with van der Waals surface area (Å²) in [5.74, 6) is 0.131. The molecule has 6 heteroatoms. The number of hydrogen-bond acceptors (Lipinski definition) is 3. The second-order valence-corrected chi connectivity index (χ2v) is 10.8. The number of carbonyl (C=O) groups is 1. The summed E-state index contributed by atoms with van der Waals surface area (Å²) >= 11 is 1.55. The molecule has 1 saturated heterocycles. The first-order valence-electron chi connectivity index (χ1n) is 12.9. The third kappa shape index (κ3) is 4.47. The molecule has 37 heavy (non-hydrogen) atoms. The maximum absolute atomic E-state index is 13.6. The lowest BCUT2D eigenvalue weighted by Gasteiger charge is -2.37. The van der Waals surface area contributed by atoms with Crippen molar-refractivity contribution in [2.75, 3.05) is 26.2 Å². The SMILES string of the molecule is Cc1ccccc1-n1nc(C)c2cc(C(=O)N3CC[NH+](C(c4ccccc4)c4ccccc4)CC3)sc21. The largest absolute Gasteiger partial charge is 0.327 e. The molecule has 0 aliphatic carbocycles. The lowest BCUT2D eigenvalue weighted by atomic mass is 9.96. The lowest BCUT2D eigenvalue weighted by Crippen LogP contribution is -3.15. The second-order valence-electron chi connectivity index (χ2n) is 9.82. The standard InChI is InChI=1S/C31H30N4OS/c1-22-11-9-10-16-27(22)35-31-26(23(2)32-35)21-28(37-31)30(36)34-19-17-33(18-20-34)29(24-12-5-3-6-13-24)25-14-7-4-8-15-25/h3-16,21,29H,17-20H2,1-2H3/p+1. The molecule has 1 aliphatic rings. The zero-order valence-electron chi connectivity index (χ0n) is 21.2. The number of aryl methyl sites for hydroxylation is 2. The monoisotopic (exact) mass is 507 g/mol. The van der Waals surface area contributed by atoms with E-state index in [2.05, 4.69) is 79.7 Å². The molecule has 2 aromatic heterocycles. The minimum Gasteiger partial charge on any atom is -0.327 e. The average Bonchev–Trinajstić information content (AvgIpc) is 3.51. The quantitative estimate of drug-likeness (QED) is 0.370. The van der Waals surface area contributed by atoms with Crippen LogP contribution < -0.4 is 4.90 Å². The molecule has 1 fully saturated rings. The van der Waals surface area contributed by atoms with Crippen molar-refractivity contribution in [1.29, 1.82) is 0 Å². The Morgan fingerprint density at radius 3 is 2.08 bits per heavy atom. The number of nitrogens with one attached hydrogen (secondary N) is 1. The van der Waals surface area contributed by atoms with Crippen LogP contribution in [0.5, 0.6) is 0 Å². The number of para-hydroxylation sites is 1. The predicted molar refractivity (Wildman–Crippen MR) is 150 cm³/mol. The van der Waals surface area contributed by atoms with Crippen LogP contribution in [0.1, 0.15) is 38.1 Å². The van der Waals surface area contributed by atoms with E-state index < -0.39 is 0 Å². The van der Waals surface area contributed by atoms with Crippen LogP contribution in [0.15, 0.2) is 91.0 Å². The van der Waals surface area contributed by atoms with E-state index in [1.54, 1.807) is 11.3 Å². The van der Waals surface area contributed by atoms with Gasteiger partial charge in [-0.05, 0) is 31.5 Å². The summed E-state index contributed by atoms with van der Waals surface area (Å²) in [5.41, 5.74) is 5.83. The van der Waals surface area contributed by atoms with Crippen LogP contribution >= 0.6 is 11.3 Å². The Morgan fingerprint density at radius 1 is 0.865 bits per heavy atom. The Bertz CT molecular complexity index is 1490. The van der Waals surface area contributed by atoms with Crippen molar-refractivity contribution in [1.82, 2.24) is 14.7 Å². The van der Waals surface area contributed by atoms with Crippen molar-refractivity contribution in [3.8, 4) is 5.69 Å². The number of fused-ring (bicyclic) bond motifs is 1. The van der Waals surface area contributed by atoms with Crippen molar-refractivity contribution in [2.45, 2.75) is 19.9 Å². The van der Waals surface area contributed by atoms with Gasteiger partial charge in [-0.3, -0.25) is 4.79 Å². The lowest BCUT2D eigenvalue weighted by molar-refractivity contribution is -0.929. The number of nitrogens with zero attached hydrogens (tertiary/aromatic N) is 3. The van der Waals surface area contributed by atoms with Crippen LogP contribution in [0, 0.1) is 13.8 Å². The van der Waals surface area contributed by atoms with E-state index in [-0.39, 0.29) is 11.9 Å². The number of amides is 1. The molecule has 0 spiro atoms. The van der Waals surface area contributed by atoms with Gasteiger partial charge in [-0.25, -0.2) is 4.68 Å². The highest BCUT2D eigenvalue weighted by Crippen LogP contribution is 2.32. The van der Waals surface area contributed by atoms with Crippen LogP contribution in [0.4, 0.5) is 0 Å². The van der Waals surface area contributed by atoms with Crippen LogP contribution in [-0.4, -0.2) is 46.8 Å². The Hall–Kier alpha value is -3.74. The van der Waals surface area contributed by atoms with Crippen molar-refractivity contribution in [3.05, 3.63) is 118 Å². The van der Waals surface area contributed by atoms with Crippen molar-refractivity contribution >= 4 is 27.5 Å². The van der Waals surface area contributed by atoms with E-state index in [0.29, 0.717) is 0 Å². The molecule has 3 heterocycles. The van der Waals surface area contributed by atoms with Crippen LogP contribution in [0.3, 0.4) is 0 Å². The fourth-order valence-electron chi connectivity index (χ4n) is 5.51. The highest BCUT2D eigenvalue weighted by atomic mass is 32.1. The minimum atomic E-state index is 0.131. The number of hydrogen-bond donors (Lipinski definition) is 1. The van der Waals surface area contributed by atoms with Crippen molar-refractivity contribution in [2.24, 2.45) is 0 Å². The van der Waals surface area contributed by atoms with E-state index in [1.165, 1.54) is 21.6 Å². The summed E-state index contributed by atoms with van der Waals surface area (Å²) in [5, 5.41) is 5.84. The van der Waals surface area contributed by atoms with Gasteiger partial charge in [-0.15, -0.1) is 11.3 Å². The Morgan fingerprint density at radius 2 is 1.46 bits per heavy atom. The van der Waals surface area contributed by atoms with Crippen molar-refractivity contribution < 1.29 is 9.69 Å². The molecule has 0 atom stereocenters. The fraction of sp³-hybridized carbons (Fsp3) is 0.226. The topological polar surface area (TPSA) is 42.6 Å². The Kier molecular flexibility index (Phi) is 6.37. The molecular weight excluding hydrogens is 476 g/mol. The smallest absolute Gasteiger partial charge is 0.264 e. The molecule has 1 aliphatic heterocycles. The summed E-state index contributed by atoms with van der Waals surface area (Å²) in [6.45, 7) is 7.45. The fourth-order valence-corrected chi connectivity index (χ4v) is 6.66. The van der Waals surface area contributed by atoms with Gasteiger partial charge in [0.1, 0.15) is 10.9 Å². The molecule has 1 amide bonds. The average molecular weight is 508 g/mol. The summed E-state index contributed by atoms with van der Waals surface area (Å²) < 4.78 is 1.99. The zero-order valence-corrected chi connectivity index (χ0v) is 22.0. The van der Waals surface area contributed by atoms with E-state index in [1.807, 2.05) is 34.7 Å². The highest BCUT2D eigenvalue weighted by Gasteiger charge is 2.32. The van der Waals surface area contributed by atoms with Gasteiger partial charge in [0.25, 0.3) is 5.91 Å². The number of carbonyl (C=O) groups excluding carboxylic acids is 1. The van der Waals surface area contributed by atoms with E-state index in [9.17, 15) is 4.79 Å². The van der Waals surface area contributed by atoms with E-state index in [0.717, 1.165) is 52.7 Å². The number of piperazine rings is 1.